The number of hydrogen-bond donors (Lipinski definition) is 1. The number of aromatic amines is 1. The zero-order valence-electron chi connectivity index (χ0n) is 13.5. The Hall–Kier alpha value is -1.96. The van der Waals surface area contributed by atoms with Gasteiger partial charge in [0, 0.05) is 38.2 Å². The molecule has 4 aliphatic rings. The molecule has 1 N–H and O–H groups in total. The van der Waals surface area contributed by atoms with E-state index in [9.17, 15) is 9.59 Å². The lowest BCUT2D eigenvalue weighted by Gasteiger charge is -2.55. The third kappa shape index (κ3) is 2.08. The summed E-state index contributed by atoms with van der Waals surface area (Å²) in [5, 5.41) is 6.34. The van der Waals surface area contributed by atoms with Crippen molar-refractivity contribution in [1.29, 1.82) is 0 Å². The lowest BCUT2D eigenvalue weighted by atomic mass is 9.65. The average molecular weight is 331 g/mol. The van der Waals surface area contributed by atoms with E-state index in [0.29, 0.717) is 26.3 Å². The molecule has 0 aromatic carbocycles. The molecule has 4 fully saturated rings. The number of fused-ring (bicyclic) bond motifs is 1. The van der Waals surface area contributed by atoms with Crippen molar-refractivity contribution < 1.29 is 14.3 Å². The summed E-state index contributed by atoms with van der Waals surface area (Å²) in [7, 11) is 0. The predicted molar refractivity (Wildman–Crippen MR) is 81.8 cm³/mol. The maximum atomic E-state index is 13.0. The summed E-state index contributed by atoms with van der Waals surface area (Å²) in [5.41, 5.74) is -0.127. The van der Waals surface area contributed by atoms with Gasteiger partial charge >= 0.3 is 0 Å². The van der Waals surface area contributed by atoms with Gasteiger partial charge in [0.2, 0.25) is 11.7 Å². The third-order valence-corrected chi connectivity index (χ3v) is 6.27. The molecular formula is C16H21N5O3. The summed E-state index contributed by atoms with van der Waals surface area (Å²) in [4.78, 5) is 33.1. The Labute approximate surface area is 139 Å². The topological polar surface area (TPSA) is 91.4 Å². The third-order valence-electron chi connectivity index (χ3n) is 6.27. The van der Waals surface area contributed by atoms with Crippen LogP contribution in [0.3, 0.4) is 0 Å². The molecule has 3 saturated heterocycles. The van der Waals surface area contributed by atoms with Crippen LogP contribution in [0.4, 0.5) is 0 Å². The predicted octanol–water partition coefficient (Wildman–Crippen LogP) is -0.238. The Balaban J connectivity index is 1.29. The van der Waals surface area contributed by atoms with Gasteiger partial charge in [-0.2, -0.15) is 5.10 Å². The normalized spacial score (nSPS) is 33.2. The van der Waals surface area contributed by atoms with E-state index in [2.05, 4.69) is 15.2 Å². The molecule has 0 bridgehead atoms. The summed E-state index contributed by atoms with van der Waals surface area (Å²) >= 11 is 0. The van der Waals surface area contributed by atoms with Crippen LogP contribution in [0.5, 0.6) is 0 Å². The SMILES string of the molecule is O=C(c1ncn[nH]1)N1CC2(CCOC[C@H]2C(=O)N2C[C@H]3C[C@H]3C2)C1. The Bertz CT molecular complexity index is 659. The van der Waals surface area contributed by atoms with Crippen molar-refractivity contribution in [3.8, 4) is 0 Å². The average Bonchev–Trinajstić information content (AvgIpc) is 3.00. The summed E-state index contributed by atoms with van der Waals surface area (Å²) in [6.45, 7) is 4.18. The second kappa shape index (κ2) is 5.02. The van der Waals surface area contributed by atoms with Crippen molar-refractivity contribution in [2.75, 3.05) is 39.4 Å². The van der Waals surface area contributed by atoms with Crippen molar-refractivity contribution in [3.05, 3.63) is 12.2 Å². The van der Waals surface area contributed by atoms with Gasteiger partial charge in [0.05, 0.1) is 12.5 Å². The number of H-pyrrole nitrogens is 1. The van der Waals surface area contributed by atoms with Crippen molar-refractivity contribution in [2.24, 2.45) is 23.2 Å². The van der Waals surface area contributed by atoms with Crippen LogP contribution in [-0.4, -0.2) is 76.2 Å². The Morgan fingerprint density at radius 2 is 2.04 bits per heavy atom. The van der Waals surface area contributed by atoms with Gasteiger partial charge in [-0.25, -0.2) is 4.98 Å². The Morgan fingerprint density at radius 3 is 2.75 bits per heavy atom. The van der Waals surface area contributed by atoms with Crippen LogP contribution in [0.25, 0.3) is 0 Å². The first-order chi connectivity index (χ1) is 11.7. The van der Waals surface area contributed by atoms with Gasteiger partial charge in [-0.05, 0) is 24.7 Å². The summed E-state index contributed by atoms with van der Waals surface area (Å²) in [6.07, 6.45) is 3.46. The van der Waals surface area contributed by atoms with Crippen molar-refractivity contribution in [1.82, 2.24) is 25.0 Å². The van der Waals surface area contributed by atoms with E-state index in [1.807, 2.05) is 4.90 Å². The highest BCUT2D eigenvalue weighted by Gasteiger charge is 2.57. The number of piperidine rings is 1. The highest BCUT2D eigenvalue weighted by Crippen LogP contribution is 2.48. The fraction of sp³-hybridized carbons (Fsp3) is 0.750. The molecular weight excluding hydrogens is 310 g/mol. The van der Waals surface area contributed by atoms with E-state index >= 15 is 0 Å². The molecule has 3 atom stereocenters. The summed E-state index contributed by atoms with van der Waals surface area (Å²) in [5.74, 6) is 1.70. The van der Waals surface area contributed by atoms with E-state index < -0.39 is 0 Å². The minimum absolute atomic E-state index is 0.123. The van der Waals surface area contributed by atoms with Crippen LogP contribution in [0.2, 0.25) is 0 Å². The minimum Gasteiger partial charge on any atom is -0.381 e. The van der Waals surface area contributed by atoms with Crippen LogP contribution in [-0.2, 0) is 9.53 Å². The van der Waals surface area contributed by atoms with Crippen LogP contribution >= 0.6 is 0 Å². The first kappa shape index (κ1) is 14.4. The van der Waals surface area contributed by atoms with Gasteiger partial charge in [0.15, 0.2) is 0 Å². The zero-order chi connectivity index (χ0) is 16.3. The van der Waals surface area contributed by atoms with E-state index in [-0.39, 0.29) is 29.0 Å². The highest BCUT2D eigenvalue weighted by molar-refractivity contribution is 5.91. The molecule has 24 heavy (non-hydrogen) atoms. The number of amides is 2. The molecule has 2 amide bonds. The molecule has 1 aromatic rings. The molecule has 8 nitrogen and oxygen atoms in total. The van der Waals surface area contributed by atoms with Gasteiger partial charge < -0.3 is 14.5 Å². The maximum Gasteiger partial charge on any atom is 0.291 e. The van der Waals surface area contributed by atoms with Gasteiger partial charge in [-0.1, -0.05) is 0 Å². The van der Waals surface area contributed by atoms with E-state index in [4.69, 9.17) is 4.74 Å². The molecule has 128 valence electrons. The number of nitrogens with zero attached hydrogens (tertiary/aromatic N) is 4. The lowest BCUT2D eigenvalue weighted by molar-refractivity contribution is -0.161. The number of ether oxygens (including phenoxy) is 1. The fourth-order valence-electron chi connectivity index (χ4n) is 4.65. The molecule has 1 saturated carbocycles. The van der Waals surface area contributed by atoms with Gasteiger partial charge in [0.25, 0.3) is 5.91 Å². The molecule has 0 unspecified atom stereocenters. The number of nitrogens with one attached hydrogen (secondary N) is 1. The highest BCUT2D eigenvalue weighted by atomic mass is 16.5. The quantitative estimate of drug-likeness (QED) is 0.808. The monoisotopic (exact) mass is 331 g/mol. The Kier molecular flexibility index (Phi) is 3.01. The number of hydrogen-bond acceptors (Lipinski definition) is 5. The molecule has 8 heteroatoms. The van der Waals surface area contributed by atoms with Crippen molar-refractivity contribution in [2.45, 2.75) is 12.8 Å². The minimum atomic E-state index is -0.141. The van der Waals surface area contributed by atoms with Crippen molar-refractivity contribution in [3.63, 3.8) is 0 Å². The molecule has 4 heterocycles. The maximum absolute atomic E-state index is 13.0. The van der Waals surface area contributed by atoms with Crippen LogP contribution < -0.4 is 0 Å². The number of likely N-dealkylation sites (tertiary alicyclic amines) is 2. The fourth-order valence-corrected chi connectivity index (χ4v) is 4.65. The van der Waals surface area contributed by atoms with Gasteiger partial charge in [0.1, 0.15) is 6.33 Å². The number of aromatic nitrogens is 3. The van der Waals surface area contributed by atoms with Gasteiger partial charge in [-0.3, -0.25) is 14.7 Å². The lowest BCUT2D eigenvalue weighted by Crippen LogP contribution is -2.66. The van der Waals surface area contributed by atoms with E-state index in [1.165, 1.54) is 12.7 Å². The second-order valence-corrected chi connectivity index (χ2v) is 7.73. The molecule has 0 radical (unpaired) electrons. The zero-order valence-corrected chi connectivity index (χ0v) is 13.5. The van der Waals surface area contributed by atoms with E-state index in [1.54, 1.807) is 4.90 Å². The van der Waals surface area contributed by atoms with Crippen molar-refractivity contribution >= 4 is 11.8 Å². The summed E-state index contributed by atoms with van der Waals surface area (Å²) < 4.78 is 5.62. The first-order valence-corrected chi connectivity index (χ1v) is 8.67. The smallest absolute Gasteiger partial charge is 0.291 e. The molecule has 3 aliphatic heterocycles. The standard InChI is InChI=1S/C16H21N5O3/c22-14(20-4-10-3-11(10)5-20)12-6-24-2-1-16(12)7-21(8-16)15(23)13-17-9-18-19-13/h9-12H,1-8H2,(H,17,18,19)/t10-,11+,12-/m0/s1. The van der Waals surface area contributed by atoms with Crippen LogP contribution in [0.15, 0.2) is 6.33 Å². The van der Waals surface area contributed by atoms with Crippen LogP contribution in [0, 0.1) is 23.2 Å². The molecule has 1 aliphatic carbocycles. The van der Waals surface area contributed by atoms with E-state index in [0.717, 1.165) is 31.3 Å². The number of rotatable bonds is 2. The molecule has 1 aromatic heterocycles. The number of carbonyl (C=O) groups is 2. The summed E-state index contributed by atoms with van der Waals surface area (Å²) in [6, 6.07) is 0. The molecule has 5 rings (SSSR count). The molecule has 1 spiro atoms. The van der Waals surface area contributed by atoms with Gasteiger partial charge in [-0.15, -0.1) is 0 Å². The second-order valence-electron chi connectivity index (χ2n) is 7.73. The Morgan fingerprint density at radius 1 is 1.25 bits per heavy atom. The van der Waals surface area contributed by atoms with Crippen LogP contribution in [0.1, 0.15) is 23.5 Å². The number of carbonyl (C=O) groups excluding carboxylic acids is 2. The first-order valence-electron chi connectivity index (χ1n) is 8.67. The largest absolute Gasteiger partial charge is 0.381 e.